The Labute approximate surface area is 117 Å². The number of hydrogen-bond donors (Lipinski definition) is 1. The molecule has 0 spiro atoms. The highest BCUT2D eigenvalue weighted by Gasteiger charge is 2.20. The fourth-order valence-corrected chi connectivity index (χ4v) is 1.81. The number of benzene rings is 1. The summed E-state index contributed by atoms with van der Waals surface area (Å²) in [7, 11) is 0. The molecule has 3 nitrogen and oxygen atoms in total. The summed E-state index contributed by atoms with van der Waals surface area (Å²) in [5.41, 5.74) is 6.66. The molecule has 1 aromatic rings. The molecule has 18 heavy (non-hydrogen) atoms. The first-order chi connectivity index (χ1) is 7.97. The van der Waals surface area contributed by atoms with Gasteiger partial charge in [0.05, 0.1) is 18.1 Å². The van der Waals surface area contributed by atoms with E-state index in [1.54, 1.807) is 19.9 Å². The van der Waals surface area contributed by atoms with E-state index >= 15 is 0 Å². The van der Waals surface area contributed by atoms with Crippen LogP contribution in [-0.4, -0.2) is 12.6 Å². The Morgan fingerprint density at radius 3 is 2.72 bits per heavy atom. The third-order valence-electron chi connectivity index (χ3n) is 2.38. The van der Waals surface area contributed by atoms with E-state index in [2.05, 4.69) is 0 Å². The number of halogens is 3. The minimum Gasteiger partial charge on any atom is -0.466 e. The fourth-order valence-electron chi connectivity index (χ4n) is 1.52. The summed E-state index contributed by atoms with van der Waals surface area (Å²) < 4.78 is 18.4. The normalized spacial score (nSPS) is 11.6. The summed E-state index contributed by atoms with van der Waals surface area (Å²) in [5.74, 6) is -0.964. The molecule has 0 heterocycles. The van der Waals surface area contributed by atoms with Gasteiger partial charge in [0.15, 0.2) is 0 Å². The van der Waals surface area contributed by atoms with Crippen LogP contribution in [0.4, 0.5) is 4.39 Å². The lowest BCUT2D eigenvalue weighted by atomic mass is 10.0. The molecule has 1 rings (SSSR count). The van der Waals surface area contributed by atoms with E-state index in [-0.39, 0.29) is 36.0 Å². The minimum atomic E-state index is -0.790. The van der Waals surface area contributed by atoms with Gasteiger partial charge in [0.25, 0.3) is 0 Å². The highest BCUT2D eigenvalue weighted by atomic mass is 35.5. The molecular weight excluding hydrogens is 280 g/mol. The molecule has 1 aromatic carbocycles. The van der Waals surface area contributed by atoms with Crippen LogP contribution in [-0.2, 0) is 9.53 Å². The zero-order valence-corrected chi connectivity index (χ0v) is 11.8. The van der Waals surface area contributed by atoms with Gasteiger partial charge >= 0.3 is 5.97 Å². The molecule has 0 saturated heterocycles. The monoisotopic (exact) mass is 295 g/mol. The molecule has 2 N–H and O–H groups in total. The van der Waals surface area contributed by atoms with Gasteiger partial charge in [-0.25, -0.2) is 4.39 Å². The molecule has 0 bridgehead atoms. The van der Waals surface area contributed by atoms with Crippen LogP contribution in [0.2, 0.25) is 5.02 Å². The van der Waals surface area contributed by atoms with Crippen LogP contribution in [0.25, 0.3) is 0 Å². The lowest BCUT2D eigenvalue weighted by Crippen LogP contribution is -2.19. The zero-order valence-electron chi connectivity index (χ0n) is 10.2. The van der Waals surface area contributed by atoms with Crippen LogP contribution in [0.5, 0.6) is 0 Å². The molecule has 1 atom stereocenters. The van der Waals surface area contributed by atoms with Crippen molar-refractivity contribution in [2.75, 3.05) is 6.61 Å². The Balaban J connectivity index is 0.00000289. The van der Waals surface area contributed by atoms with Crippen LogP contribution in [0.1, 0.15) is 30.5 Å². The molecule has 0 unspecified atom stereocenters. The molecule has 0 amide bonds. The number of rotatable bonds is 4. The van der Waals surface area contributed by atoms with Crippen molar-refractivity contribution in [1.29, 1.82) is 0 Å². The van der Waals surface area contributed by atoms with Crippen molar-refractivity contribution in [3.8, 4) is 0 Å². The Kier molecular flexibility index (Phi) is 7.21. The van der Waals surface area contributed by atoms with E-state index in [4.69, 9.17) is 22.1 Å². The average Bonchev–Trinajstić information content (AvgIpc) is 2.24. The number of hydrogen-bond acceptors (Lipinski definition) is 3. The highest BCUT2D eigenvalue weighted by Crippen LogP contribution is 2.29. The highest BCUT2D eigenvalue weighted by molar-refractivity contribution is 6.32. The first-order valence-electron chi connectivity index (χ1n) is 5.33. The number of esters is 1. The van der Waals surface area contributed by atoms with E-state index in [0.29, 0.717) is 0 Å². The van der Waals surface area contributed by atoms with Crippen molar-refractivity contribution in [2.45, 2.75) is 26.3 Å². The summed E-state index contributed by atoms with van der Waals surface area (Å²) in [6.07, 6.45) is -0.0894. The Morgan fingerprint density at radius 2 is 2.17 bits per heavy atom. The quantitative estimate of drug-likeness (QED) is 0.868. The summed E-state index contributed by atoms with van der Waals surface area (Å²) in [4.78, 5) is 11.3. The van der Waals surface area contributed by atoms with Crippen molar-refractivity contribution in [3.63, 3.8) is 0 Å². The standard InChI is InChI=1S/C12H15ClFNO2.ClH/c1-3-17-10(16)6-9(15)11-8(14)5-4-7(2)12(11)13;/h4-5,9H,3,6,15H2,1-2H3;1H/t9-;/m0./s1. The number of aryl methyl sites for hydroxylation is 1. The van der Waals surface area contributed by atoms with E-state index in [1.807, 2.05) is 0 Å². The third kappa shape index (κ3) is 4.12. The second kappa shape index (κ2) is 7.56. The number of carbonyl (C=O) groups is 1. The Bertz CT molecular complexity index is 427. The maximum Gasteiger partial charge on any atom is 0.307 e. The third-order valence-corrected chi connectivity index (χ3v) is 2.88. The summed E-state index contributed by atoms with van der Waals surface area (Å²) in [6.45, 7) is 3.72. The van der Waals surface area contributed by atoms with Gasteiger partial charge in [0.1, 0.15) is 5.82 Å². The molecule has 6 heteroatoms. The molecule has 0 aliphatic carbocycles. The Morgan fingerprint density at radius 1 is 1.56 bits per heavy atom. The van der Waals surface area contributed by atoms with Crippen LogP contribution in [0.15, 0.2) is 12.1 Å². The van der Waals surface area contributed by atoms with Gasteiger partial charge in [-0.3, -0.25) is 4.79 Å². The van der Waals surface area contributed by atoms with Crippen molar-refractivity contribution >= 4 is 30.0 Å². The van der Waals surface area contributed by atoms with Gasteiger partial charge < -0.3 is 10.5 Å². The van der Waals surface area contributed by atoms with E-state index in [0.717, 1.165) is 5.56 Å². The predicted molar refractivity (Wildman–Crippen MR) is 71.6 cm³/mol. The number of carbonyl (C=O) groups excluding carboxylic acids is 1. The molecule has 0 aliphatic heterocycles. The second-order valence-electron chi connectivity index (χ2n) is 3.71. The van der Waals surface area contributed by atoms with E-state index in [9.17, 15) is 9.18 Å². The molecule has 0 radical (unpaired) electrons. The van der Waals surface area contributed by atoms with Crippen molar-refractivity contribution in [1.82, 2.24) is 0 Å². The van der Waals surface area contributed by atoms with Gasteiger partial charge in [-0.15, -0.1) is 12.4 Å². The molecular formula is C12H16Cl2FNO2. The maximum atomic E-state index is 13.6. The molecule has 102 valence electrons. The summed E-state index contributed by atoms with van der Waals surface area (Å²) in [6, 6.07) is 2.07. The molecule has 0 fully saturated rings. The molecule has 0 aromatic heterocycles. The summed E-state index contributed by atoms with van der Waals surface area (Å²) in [5, 5.41) is 0.266. The fraction of sp³-hybridized carbons (Fsp3) is 0.417. The average molecular weight is 296 g/mol. The maximum absolute atomic E-state index is 13.6. The van der Waals surface area contributed by atoms with E-state index < -0.39 is 17.8 Å². The topological polar surface area (TPSA) is 52.3 Å². The summed E-state index contributed by atoms with van der Waals surface area (Å²) >= 11 is 5.98. The lowest BCUT2D eigenvalue weighted by molar-refractivity contribution is -0.143. The molecule has 0 saturated carbocycles. The van der Waals surface area contributed by atoms with E-state index in [1.165, 1.54) is 6.07 Å². The minimum absolute atomic E-state index is 0. The SMILES string of the molecule is CCOC(=O)C[C@H](N)c1c(F)ccc(C)c1Cl.Cl. The molecule has 0 aliphatic rings. The largest absolute Gasteiger partial charge is 0.466 e. The van der Waals surface area contributed by atoms with Crippen LogP contribution >= 0.6 is 24.0 Å². The smallest absolute Gasteiger partial charge is 0.307 e. The number of ether oxygens (including phenoxy) is 1. The predicted octanol–water partition coefficient (Wildman–Crippen LogP) is 3.16. The van der Waals surface area contributed by atoms with Gasteiger partial charge in [0.2, 0.25) is 0 Å². The van der Waals surface area contributed by atoms with Crippen LogP contribution in [0, 0.1) is 12.7 Å². The van der Waals surface area contributed by atoms with Crippen molar-refractivity contribution < 1.29 is 13.9 Å². The van der Waals surface area contributed by atoms with Crippen molar-refractivity contribution in [3.05, 3.63) is 34.1 Å². The van der Waals surface area contributed by atoms with Gasteiger partial charge in [-0.1, -0.05) is 17.7 Å². The first kappa shape index (κ1) is 17.2. The zero-order chi connectivity index (χ0) is 13.0. The van der Waals surface area contributed by atoms with Crippen molar-refractivity contribution in [2.24, 2.45) is 5.73 Å². The Hall–Kier alpha value is -0.840. The van der Waals surface area contributed by atoms with Crippen LogP contribution < -0.4 is 5.73 Å². The van der Waals surface area contributed by atoms with Crippen LogP contribution in [0.3, 0.4) is 0 Å². The first-order valence-corrected chi connectivity index (χ1v) is 5.70. The van der Waals surface area contributed by atoms with Gasteiger partial charge in [-0.05, 0) is 25.5 Å². The number of nitrogens with two attached hydrogens (primary N) is 1. The second-order valence-corrected chi connectivity index (χ2v) is 4.09. The van der Waals surface area contributed by atoms with Gasteiger partial charge in [-0.2, -0.15) is 0 Å². The lowest BCUT2D eigenvalue weighted by Gasteiger charge is -2.15. The van der Waals surface area contributed by atoms with Gasteiger partial charge in [0, 0.05) is 11.6 Å².